The molecule has 1 rings (SSSR count). The van der Waals surface area contributed by atoms with Crippen molar-refractivity contribution in [1.82, 2.24) is 4.90 Å². The number of hydrogen-bond donors (Lipinski definition) is 1. The number of aliphatic hydroxyl groups excluding tert-OH is 1. The lowest BCUT2D eigenvalue weighted by Gasteiger charge is -2.27. The molecule has 1 atom stereocenters. The SMILES string of the molecule is COc1ccc(CO)cc1CN(C)C(C)CC(C)C. The molecule has 1 aromatic carbocycles. The third-order valence-electron chi connectivity index (χ3n) is 3.51. The normalized spacial score (nSPS) is 13.1. The van der Waals surface area contributed by atoms with Gasteiger partial charge in [0.05, 0.1) is 13.7 Å². The van der Waals surface area contributed by atoms with Crippen LogP contribution in [0.3, 0.4) is 0 Å². The zero-order chi connectivity index (χ0) is 14.4. The van der Waals surface area contributed by atoms with Gasteiger partial charge in [-0.2, -0.15) is 0 Å². The Morgan fingerprint density at radius 3 is 2.47 bits per heavy atom. The summed E-state index contributed by atoms with van der Waals surface area (Å²) in [5, 5.41) is 9.23. The lowest BCUT2D eigenvalue weighted by molar-refractivity contribution is 0.217. The minimum Gasteiger partial charge on any atom is -0.496 e. The van der Waals surface area contributed by atoms with E-state index >= 15 is 0 Å². The van der Waals surface area contributed by atoms with Gasteiger partial charge in [0.25, 0.3) is 0 Å². The van der Waals surface area contributed by atoms with Crippen LogP contribution in [0.25, 0.3) is 0 Å². The third-order valence-corrected chi connectivity index (χ3v) is 3.51. The number of methoxy groups -OCH3 is 1. The summed E-state index contributed by atoms with van der Waals surface area (Å²) in [4.78, 5) is 2.33. The van der Waals surface area contributed by atoms with Crippen LogP contribution in [0.2, 0.25) is 0 Å². The zero-order valence-corrected chi connectivity index (χ0v) is 12.8. The third kappa shape index (κ3) is 4.84. The Hall–Kier alpha value is -1.06. The van der Waals surface area contributed by atoms with Crippen molar-refractivity contribution >= 4 is 0 Å². The molecule has 0 radical (unpaired) electrons. The molecule has 0 saturated heterocycles. The lowest BCUT2D eigenvalue weighted by atomic mass is 10.0. The molecule has 0 saturated carbocycles. The number of hydrogen-bond acceptors (Lipinski definition) is 3. The van der Waals surface area contributed by atoms with Gasteiger partial charge in [0.2, 0.25) is 0 Å². The second kappa shape index (κ2) is 7.51. The highest BCUT2D eigenvalue weighted by Gasteiger charge is 2.14. The van der Waals surface area contributed by atoms with Crippen molar-refractivity contribution in [1.29, 1.82) is 0 Å². The van der Waals surface area contributed by atoms with Gasteiger partial charge in [-0.15, -0.1) is 0 Å². The number of nitrogens with zero attached hydrogens (tertiary/aromatic N) is 1. The summed E-state index contributed by atoms with van der Waals surface area (Å²) in [6, 6.07) is 6.39. The van der Waals surface area contributed by atoms with Gasteiger partial charge in [0.15, 0.2) is 0 Å². The molecule has 0 aromatic heterocycles. The summed E-state index contributed by atoms with van der Waals surface area (Å²) >= 11 is 0. The monoisotopic (exact) mass is 265 g/mol. The molecule has 0 aliphatic heterocycles. The number of aliphatic hydroxyl groups is 1. The van der Waals surface area contributed by atoms with E-state index < -0.39 is 0 Å². The summed E-state index contributed by atoms with van der Waals surface area (Å²) in [6.07, 6.45) is 1.18. The van der Waals surface area contributed by atoms with Crippen LogP contribution in [-0.2, 0) is 13.2 Å². The predicted molar refractivity (Wildman–Crippen MR) is 79.3 cm³/mol. The van der Waals surface area contributed by atoms with Gasteiger partial charge < -0.3 is 9.84 Å². The van der Waals surface area contributed by atoms with Gasteiger partial charge in [-0.25, -0.2) is 0 Å². The van der Waals surface area contributed by atoms with Crippen molar-refractivity contribution in [3.8, 4) is 5.75 Å². The minimum atomic E-state index is 0.0717. The van der Waals surface area contributed by atoms with Crippen LogP contribution in [0, 0.1) is 5.92 Å². The van der Waals surface area contributed by atoms with Crippen LogP contribution in [0.15, 0.2) is 18.2 Å². The maximum absolute atomic E-state index is 9.23. The molecule has 19 heavy (non-hydrogen) atoms. The Labute approximate surface area is 117 Å². The van der Waals surface area contributed by atoms with E-state index in [0.29, 0.717) is 12.0 Å². The van der Waals surface area contributed by atoms with E-state index in [2.05, 4.69) is 32.7 Å². The van der Waals surface area contributed by atoms with Gasteiger partial charge in [0.1, 0.15) is 5.75 Å². The average Bonchev–Trinajstić information content (AvgIpc) is 2.37. The van der Waals surface area contributed by atoms with E-state index in [-0.39, 0.29) is 6.61 Å². The summed E-state index contributed by atoms with van der Waals surface area (Å²) in [7, 11) is 3.83. The molecule has 0 spiro atoms. The fourth-order valence-electron chi connectivity index (χ4n) is 2.34. The van der Waals surface area contributed by atoms with Crippen molar-refractivity contribution in [2.24, 2.45) is 5.92 Å². The molecule has 0 amide bonds. The highest BCUT2D eigenvalue weighted by atomic mass is 16.5. The maximum Gasteiger partial charge on any atom is 0.123 e. The molecule has 1 N–H and O–H groups in total. The van der Waals surface area contributed by atoms with Crippen LogP contribution < -0.4 is 4.74 Å². The van der Waals surface area contributed by atoms with E-state index in [4.69, 9.17) is 4.74 Å². The van der Waals surface area contributed by atoms with Crippen molar-refractivity contribution in [2.45, 2.75) is 46.4 Å². The van der Waals surface area contributed by atoms with Gasteiger partial charge in [-0.05, 0) is 44.0 Å². The molecule has 0 fully saturated rings. The maximum atomic E-state index is 9.23. The minimum absolute atomic E-state index is 0.0717. The van der Waals surface area contributed by atoms with E-state index in [9.17, 15) is 5.11 Å². The number of benzene rings is 1. The van der Waals surface area contributed by atoms with E-state index in [0.717, 1.165) is 23.4 Å². The van der Waals surface area contributed by atoms with E-state index in [1.54, 1.807) is 7.11 Å². The Bertz CT molecular complexity index is 390. The van der Waals surface area contributed by atoms with Gasteiger partial charge >= 0.3 is 0 Å². The summed E-state index contributed by atoms with van der Waals surface area (Å²) in [5.41, 5.74) is 2.06. The highest BCUT2D eigenvalue weighted by Crippen LogP contribution is 2.23. The molecule has 0 aliphatic rings. The largest absolute Gasteiger partial charge is 0.496 e. The lowest BCUT2D eigenvalue weighted by Crippen LogP contribution is -2.29. The Kier molecular flexibility index (Phi) is 6.32. The molecule has 1 aromatic rings. The fourth-order valence-corrected chi connectivity index (χ4v) is 2.34. The predicted octanol–water partition coefficient (Wildman–Crippen LogP) is 3.05. The second-order valence-electron chi connectivity index (χ2n) is 5.70. The molecule has 3 nitrogen and oxygen atoms in total. The van der Waals surface area contributed by atoms with Crippen LogP contribution in [0.4, 0.5) is 0 Å². The Morgan fingerprint density at radius 1 is 1.26 bits per heavy atom. The summed E-state index contributed by atoms with van der Waals surface area (Å²) in [5.74, 6) is 1.59. The molecule has 0 heterocycles. The van der Waals surface area contributed by atoms with Gasteiger partial charge in [-0.1, -0.05) is 19.9 Å². The van der Waals surface area contributed by atoms with Crippen molar-refractivity contribution in [2.75, 3.05) is 14.2 Å². The Balaban J connectivity index is 2.79. The van der Waals surface area contributed by atoms with E-state index in [1.807, 2.05) is 18.2 Å². The molecular weight excluding hydrogens is 238 g/mol. The first-order valence-corrected chi connectivity index (χ1v) is 6.94. The molecule has 0 bridgehead atoms. The second-order valence-corrected chi connectivity index (χ2v) is 5.70. The standard InChI is InChI=1S/C16H27NO2/c1-12(2)8-13(3)17(4)10-15-9-14(11-18)6-7-16(15)19-5/h6-7,9,12-13,18H,8,10-11H2,1-5H3. The van der Waals surface area contributed by atoms with Gasteiger partial charge in [-0.3, -0.25) is 4.90 Å². The van der Waals surface area contributed by atoms with Crippen LogP contribution in [-0.4, -0.2) is 30.2 Å². The number of rotatable bonds is 7. The summed E-state index contributed by atoms with van der Waals surface area (Å²) in [6.45, 7) is 7.66. The van der Waals surface area contributed by atoms with Crippen LogP contribution >= 0.6 is 0 Å². The first-order valence-electron chi connectivity index (χ1n) is 6.94. The topological polar surface area (TPSA) is 32.7 Å². The molecule has 0 aliphatic carbocycles. The quantitative estimate of drug-likeness (QED) is 0.822. The number of ether oxygens (including phenoxy) is 1. The summed E-state index contributed by atoms with van der Waals surface area (Å²) < 4.78 is 5.40. The van der Waals surface area contributed by atoms with Crippen molar-refractivity contribution in [3.63, 3.8) is 0 Å². The van der Waals surface area contributed by atoms with Gasteiger partial charge in [0, 0.05) is 18.2 Å². The van der Waals surface area contributed by atoms with Crippen molar-refractivity contribution in [3.05, 3.63) is 29.3 Å². The smallest absolute Gasteiger partial charge is 0.123 e. The van der Waals surface area contributed by atoms with E-state index in [1.165, 1.54) is 6.42 Å². The van der Waals surface area contributed by atoms with Crippen LogP contribution in [0.1, 0.15) is 38.3 Å². The molecular formula is C16H27NO2. The molecule has 1 unspecified atom stereocenters. The average molecular weight is 265 g/mol. The first-order chi connectivity index (χ1) is 8.97. The van der Waals surface area contributed by atoms with Crippen molar-refractivity contribution < 1.29 is 9.84 Å². The highest BCUT2D eigenvalue weighted by molar-refractivity contribution is 5.37. The molecule has 108 valence electrons. The Morgan fingerprint density at radius 2 is 1.95 bits per heavy atom. The fraction of sp³-hybridized carbons (Fsp3) is 0.625. The first kappa shape index (κ1) is 16.0. The molecule has 3 heteroatoms. The van der Waals surface area contributed by atoms with Crippen LogP contribution in [0.5, 0.6) is 5.75 Å². The zero-order valence-electron chi connectivity index (χ0n) is 12.8.